The fraction of sp³-hybridized carbons (Fsp3) is 0.600. The van der Waals surface area contributed by atoms with Gasteiger partial charge >= 0.3 is 5.97 Å². The first kappa shape index (κ1) is 12.7. The van der Waals surface area contributed by atoms with E-state index in [1.165, 1.54) is 7.11 Å². The molecule has 0 radical (unpaired) electrons. The molecule has 0 spiro atoms. The molecule has 0 rings (SSSR count). The van der Waals surface area contributed by atoms with Crippen LogP contribution in [0.25, 0.3) is 0 Å². The van der Waals surface area contributed by atoms with Gasteiger partial charge in [0.05, 0.1) is 7.11 Å². The van der Waals surface area contributed by atoms with E-state index in [9.17, 15) is 9.59 Å². The van der Waals surface area contributed by atoms with Crippen molar-refractivity contribution in [2.24, 2.45) is 5.92 Å². The lowest BCUT2D eigenvalue weighted by Gasteiger charge is -2.15. The molecule has 0 aliphatic rings. The Balaban J connectivity index is 4.29. The number of ether oxygens (including phenoxy) is 1. The molecule has 4 heteroatoms. The molecule has 0 aliphatic heterocycles. The SMILES string of the molecule is C=CC[C@H](NC(=O)C(C)C)C(=O)OC. The smallest absolute Gasteiger partial charge is 0.328 e. The highest BCUT2D eigenvalue weighted by atomic mass is 16.5. The number of hydrogen-bond donors (Lipinski definition) is 1. The summed E-state index contributed by atoms with van der Waals surface area (Å²) in [7, 11) is 1.29. The van der Waals surface area contributed by atoms with Crippen molar-refractivity contribution in [1.82, 2.24) is 5.32 Å². The van der Waals surface area contributed by atoms with E-state index in [0.717, 1.165) is 0 Å². The molecule has 0 heterocycles. The number of amides is 1. The Morgan fingerprint density at radius 1 is 1.50 bits per heavy atom. The van der Waals surface area contributed by atoms with E-state index in [2.05, 4.69) is 16.6 Å². The van der Waals surface area contributed by atoms with Crippen LogP contribution in [0.15, 0.2) is 12.7 Å². The third-order valence-corrected chi connectivity index (χ3v) is 1.73. The Hall–Kier alpha value is -1.32. The maximum atomic E-state index is 11.3. The molecule has 0 saturated carbocycles. The standard InChI is InChI=1S/C10H17NO3/c1-5-6-8(10(13)14-4)11-9(12)7(2)3/h5,7-8H,1,6H2,2-4H3,(H,11,12)/t8-/m0/s1. The van der Waals surface area contributed by atoms with Crippen molar-refractivity contribution in [2.75, 3.05) is 7.11 Å². The minimum Gasteiger partial charge on any atom is -0.467 e. The summed E-state index contributed by atoms with van der Waals surface area (Å²) in [4.78, 5) is 22.5. The summed E-state index contributed by atoms with van der Waals surface area (Å²) in [6.07, 6.45) is 1.95. The van der Waals surface area contributed by atoms with Gasteiger partial charge in [-0.15, -0.1) is 6.58 Å². The first-order valence-corrected chi connectivity index (χ1v) is 4.52. The third-order valence-electron chi connectivity index (χ3n) is 1.73. The normalized spacial score (nSPS) is 12.0. The highest BCUT2D eigenvalue weighted by Crippen LogP contribution is 1.99. The molecule has 80 valence electrons. The van der Waals surface area contributed by atoms with Gasteiger partial charge in [0, 0.05) is 5.92 Å². The lowest BCUT2D eigenvalue weighted by Crippen LogP contribution is -2.42. The number of carbonyl (C=O) groups is 2. The van der Waals surface area contributed by atoms with Crippen LogP contribution in [0.5, 0.6) is 0 Å². The second-order valence-electron chi connectivity index (χ2n) is 3.26. The number of hydrogen-bond acceptors (Lipinski definition) is 3. The van der Waals surface area contributed by atoms with Gasteiger partial charge in [0.1, 0.15) is 6.04 Å². The zero-order valence-electron chi connectivity index (χ0n) is 8.87. The van der Waals surface area contributed by atoms with Crippen LogP contribution in [0.3, 0.4) is 0 Å². The van der Waals surface area contributed by atoms with Crippen LogP contribution in [0.4, 0.5) is 0 Å². The van der Waals surface area contributed by atoms with Crippen molar-refractivity contribution in [3.63, 3.8) is 0 Å². The van der Waals surface area contributed by atoms with E-state index in [-0.39, 0.29) is 11.8 Å². The van der Waals surface area contributed by atoms with Gasteiger partial charge in [-0.2, -0.15) is 0 Å². The van der Waals surface area contributed by atoms with E-state index in [0.29, 0.717) is 6.42 Å². The number of methoxy groups -OCH3 is 1. The molecule has 1 N–H and O–H groups in total. The number of esters is 1. The van der Waals surface area contributed by atoms with E-state index in [1.54, 1.807) is 19.9 Å². The van der Waals surface area contributed by atoms with E-state index >= 15 is 0 Å². The van der Waals surface area contributed by atoms with Gasteiger partial charge in [0.2, 0.25) is 5.91 Å². The number of nitrogens with one attached hydrogen (secondary N) is 1. The van der Waals surface area contributed by atoms with E-state index < -0.39 is 12.0 Å². The Morgan fingerprint density at radius 2 is 2.07 bits per heavy atom. The second-order valence-corrected chi connectivity index (χ2v) is 3.26. The average molecular weight is 199 g/mol. The zero-order chi connectivity index (χ0) is 11.1. The summed E-state index contributed by atoms with van der Waals surface area (Å²) in [5.74, 6) is -0.756. The summed E-state index contributed by atoms with van der Waals surface area (Å²) < 4.78 is 4.54. The second kappa shape index (κ2) is 6.18. The fourth-order valence-electron chi connectivity index (χ4n) is 0.861. The highest BCUT2D eigenvalue weighted by molar-refractivity contribution is 5.85. The van der Waals surface area contributed by atoms with Crippen LogP contribution in [-0.4, -0.2) is 25.0 Å². The predicted molar refractivity (Wildman–Crippen MR) is 53.6 cm³/mol. The van der Waals surface area contributed by atoms with Gasteiger partial charge in [-0.25, -0.2) is 4.79 Å². The number of carbonyl (C=O) groups excluding carboxylic acids is 2. The fourth-order valence-corrected chi connectivity index (χ4v) is 0.861. The first-order chi connectivity index (χ1) is 6.52. The van der Waals surface area contributed by atoms with E-state index in [1.807, 2.05) is 0 Å². The summed E-state index contributed by atoms with van der Waals surface area (Å²) in [6.45, 7) is 7.03. The molecular formula is C10H17NO3. The van der Waals surface area contributed by atoms with Crippen molar-refractivity contribution in [3.05, 3.63) is 12.7 Å². The Morgan fingerprint density at radius 3 is 2.43 bits per heavy atom. The molecule has 0 aromatic heterocycles. The van der Waals surface area contributed by atoms with Gasteiger partial charge < -0.3 is 10.1 Å². The van der Waals surface area contributed by atoms with Gasteiger partial charge in [0.15, 0.2) is 0 Å². The Labute approximate surface area is 84.3 Å². The predicted octanol–water partition coefficient (Wildman–Crippen LogP) is 0.876. The Bertz CT molecular complexity index is 223. The molecule has 0 aromatic rings. The molecule has 0 unspecified atom stereocenters. The summed E-state index contributed by atoms with van der Waals surface area (Å²) in [6, 6.07) is -0.618. The van der Waals surface area contributed by atoms with Crippen LogP contribution < -0.4 is 5.32 Å². The molecule has 0 fully saturated rings. The third kappa shape index (κ3) is 4.07. The minimum absolute atomic E-state index is 0.146. The summed E-state index contributed by atoms with van der Waals surface area (Å²) >= 11 is 0. The molecule has 0 aromatic carbocycles. The summed E-state index contributed by atoms with van der Waals surface area (Å²) in [5, 5.41) is 2.58. The minimum atomic E-state index is -0.618. The van der Waals surface area contributed by atoms with Gasteiger partial charge in [-0.1, -0.05) is 19.9 Å². The van der Waals surface area contributed by atoms with Gasteiger partial charge in [-0.05, 0) is 6.42 Å². The quantitative estimate of drug-likeness (QED) is 0.528. The van der Waals surface area contributed by atoms with Crippen LogP contribution in [0.2, 0.25) is 0 Å². The molecule has 0 saturated heterocycles. The largest absolute Gasteiger partial charge is 0.467 e. The zero-order valence-corrected chi connectivity index (χ0v) is 8.87. The highest BCUT2D eigenvalue weighted by Gasteiger charge is 2.20. The van der Waals surface area contributed by atoms with Crippen molar-refractivity contribution in [1.29, 1.82) is 0 Å². The monoisotopic (exact) mass is 199 g/mol. The number of rotatable bonds is 5. The summed E-state index contributed by atoms with van der Waals surface area (Å²) in [5.41, 5.74) is 0. The van der Waals surface area contributed by atoms with E-state index in [4.69, 9.17) is 0 Å². The van der Waals surface area contributed by atoms with Crippen molar-refractivity contribution >= 4 is 11.9 Å². The average Bonchev–Trinajstić information content (AvgIpc) is 2.15. The first-order valence-electron chi connectivity index (χ1n) is 4.52. The van der Waals surface area contributed by atoms with Crippen molar-refractivity contribution in [2.45, 2.75) is 26.3 Å². The molecular weight excluding hydrogens is 182 g/mol. The molecule has 1 atom stereocenters. The lowest BCUT2D eigenvalue weighted by molar-refractivity contribution is -0.145. The van der Waals surface area contributed by atoms with Crippen LogP contribution in [0, 0.1) is 5.92 Å². The molecule has 0 aliphatic carbocycles. The van der Waals surface area contributed by atoms with Crippen LogP contribution >= 0.6 is 0 Å². The van der Waals surface area contributed by atoms with Crippen molar-refractivity contribution < 1.29 is 14.3 Å². The topological polar surface area (TPSA) is 55.4 Å². The van der Waals surface area contributed by atoms with Crippen LogP contribution in [0.1, 0.15) is 20.3 Å². The van der Waals surface area contributed by atoms with Crippen molar-refractivity contribution in [3.8, 4) is 0 Å². The van der Waals surface area contributed by atoms with Gasteiger partial charge in [-0.3, -0.25) is 4.79 Å². The molecule has 0 bridgehead atoms. The molecule has 4 nitrogen and oxygen atoms in total. The molecule has 1 amide bonds. The Kier molecular flexibility index (Phi) is 5.60. The lowest BCUT2D eigenvalue weighted by atomic mass is 10.1. The maximum absolute atomic E-state index is 11.3. The van der Waals surface area contributed by atoms with Gasteiger partial charge in [0.25, 0.3) is 0 Å². The molecule has 14 heavy (non-hydrogen) atoms. The maximum Gasteiger partial charge on any atom is 0.328 e. The van der Waals surface area contributed by atoms with Crippen LogP contribution in [-0.2, 0) is 14.3 Å².